The molecule has 1 aromatic heterocycles. The highest BCUT2D eigenvalue weighted by molar-refractivity contribution is 6.33. The lowest BCUT2D eigenvalue weighted by Gasteiger charge is -2.17. The molecule has 1 unspecified atom stereocenters. The van der Waals surface area contributed by atoms with Gasteiger partial charge in [0.1, 0.15) is 11.9 Å². The summed E-state index contributed by atoms with van der Waals surface area (Å²) in [6, 6.07) is 3.74. The van der Waals surface area contributed by atoms with Crippen molar-refractivity contribution in [3.8, 4) is 11.8 Å². The normalized spacial score (nSPS) is 17.0. The van der Waals surface area contributed by atoms with Gasteiger partial charge in [0, 0.05) is 13.0 Å². The molecule has 126 valence electrons. The zero-order valence-corrected chi connectivity index (χ0v) is 13.7. The molecule has 0 bridgehead atoms. The Labute approximate surface area is 143 Å². The van der Waals surface area contributed by atoms with Crippen LogP contribution in [0.25, 0.3) is 0 Å². The molecule has 0 spiro atoms. The van der Waals surface area contributed by atoms with Crippen LogP contribution < -0.4 is 9.47 Å². The van der Waals surface area contributed by atoms with Crippen molar-refractivity contribution in [3.63, 3.8) is 0 Å². The molecule has 0 saturated carbocycles. The van der Waals surface area contributed by atoms with E-state index in [4.69, 9.17) is 21.1 Å². The molecular formula is C16H15ClFN3O3. The van der Waals surface area contributed by atoms with E-state index in [2.05, 4.69) is 9.97 Å². The summed E-state index contributed by atoms with van der Waals surface area (Å²) in [5, 5.41) is 0.100. The quantitative estimate of drug-likeness (QED) is 0.847. The Hall–Kier alpha value is -2.41. The Morgan fingerprint density at radius 3 is 2.92 bits per heavy atom. The maximum atomic E-state index is 13.1. The summed E-state index contributed by atoms with van der Waals surface area (Å²) < 4.78 is 23.8. The lowest BCUT2D eigenvalue weighted by atomic mass is 10.2. The number of ether oxygens (including phenoxy) is 2. The van der Waals surface area contributed by atoms with Crippen molar-refractivity contribution in [2.24, 2.45) is 0 Å². The third-order valence-corrected chi connectivity index (χ3v) is 3.99. The second-order valence-electron chi connectivity index (χ2n) is 5.30. The molecule has 2 heterocycles. The van der Waals surface area contributed by atoms with Crippen LogP contribution in [0.15, 0.2) is 30.6 Å². The summed E-state index contributed by atoms with van der Waals surface area (Å²) in [4.78, 5) is 22.2. The van der Waals surface area contributed by atoms with Crippen molar-refractivity contribution in [2.75, 3.05) is 20.2 Å². The average molecular weight is 352 g/mol. The van der Waals surface area contributed by atoms with Gasteiger partial charge in [0.2, 0.25) is 11.8 Å². The predicted molar refractivity (Wildman–Crippen MR) is 84.9 cm³/mol. The fourth-order valence-electron chi connectivity index (χ4n) is 2.50. The second-order valence-corrected chi connectivity index (χ2v) is 5.71. The Morgan fingerprint density at radius 2 is 2.17 bits per heavy atom. The molecular weight excluding hydrogens is 337 g/mol. The maximum Gasteiger partial charge on any atom is 0.255 e. The van der Waals surface area contributed by atoms with Crippen molar-refractivity contribution < 1.29 is 18.7 Å². The number of benzene rings is 1. The van der Waals surface area contributed by atoms with Crippen LogP contribution in [0.1, 0.15) is 16.8 Å². The van der Waals surface area contributed by atoms with Crippen LogP contribution in [0, 0.1) is 5.82 Å². The molecule has 1 amide bonds. The van der Waals surface area contributed by atoms with E-state index in [9.17, 15) is 9.18 Å². The Kier molecular flexibility index (Phi) is 4.80. The van der Waals surface area contributed by atoms with Crippen molar-refractivity contribution >= 4 is 17.5 Å². The highest BCUT2D eigenvalue weighted by Gasteiger charge is 2.29. The van der Waals surface area contributed by atoms with Gasteiger partial charge in [-0.2, -0.15) is 4.98 Å². The molecule has 1 aliphatic heterocycles. The minimum Gasteiger partial charge on any atom is -0.480 e. The number of hydrogen-bond donors (Lipinski definition) is 0. The minimum absolute atomic E-state index is 0.100. The van der Waals surface area contributed by atoms with E-state index in [1.807, 2.05) is 0 Å². The standard InChI is InChI=1S/C16H15ClFN3O3/c1-23-14-7-19-8-15(20-14)24-11-4-5-21(9-11)16(22)12-3-2-10(18)6-13(12)17/h2-3,6-8,11H,4-5,9H2,1H3. The Bertz CT molecular complexity index is 759. The first kappa shape index (κ1) is 16.4. The number of carbonyl (C=O) groups is 1. The highest BCUT2D eigenvalue weighted by Crippen LogP contribution is 2.23. The topological polar surface area (TPSA) is 64.6 Å². The zero-order valence-electron chi connectivity index (χ0n) is 12.9. The van der Waals surface area contributed by atoms with E-state index < -0.39 is 5.82 Å². The number of carbonyl (C=O) groups excluding carboxylic acids is 1. The molecule has 1 atom stereocenters. The monoisotopic (exact) mass is 351 g/mol. The lowest BCUT2D eigenvalue weighted by Crippen LogP contribution is -2.31. The molecule has 8 heteroatoms. The molecule has 1 saturated heterocycles. The van der Waals surface area contributed by atoms with Gasteiger partial charge < -0.3 is 14.4 Å². The predicted octanol–water partition coefficient (Wildman–Crippen LogP) is 2.57. The van der Waals surface area contributed by atoms with Crippen LogP contribution in [-0.2, 0) is 0 Å². The summed E-state index contributed by atoms with van der Waals surface area (Å²) in [5.41, 5.74) is 0.278. The molecule has 1 aliphatic rings. The summed E-state index contributed by atoms with van der Waals surface area (Å²) >= 11 is 5.95. The van der Waals surface area contributed by atoms with Crippen molar-refractivity contribution in [1.82, 2.24) is 14.9 Å². The molecule has 1 aromatic carbocycles. The Balaban J connectivity index is 1.65. The number of likely N-dealkylation sites (tertiary alicyclic amines) is 1. The molecule has 6 nitrogen and oxygen atoms in total. The van der Waals surface area contributed by atoms with E-state index >= 15 is 0 Å². The van der Waals surface area contributed by atoms with E-state index in [0.717, 1.165) is 6.07 Å². The Morgan fingerprint density at radius 1 is 1.38 bits per heavy atom. The minimum atomic E-state index is -0.476. The van der Waals surface area contributed by atoms with E-state index in [1.165, 1.54) is 31.6 Å². The third kappa shape index (κ3) is 3.56. The van der Waals surface area contributed by atoms with Crippen molar-refractivity contribution in [3.05, 3.63) is 47.0 Å². The number of rotatable bonds is 4. The van der Waals surface area contributed by atoms with Crippen LogP contribution >= 0.6 is 11.6 Å². The first-order valence-electron chi connectivity index (χ1n) is 7.34. The zero-order chi connectivity index (χ0) is 17.1. The van der Waals surface area contributed by atoms with Crippen molar-refractivity contribution in [2.45, 2.75) is 12.5 Å². The van der Waals surface area contributed by atoms with Crippen LogP contribution in [-0.4, -0.2) is 47.1 Å². The van der Waals surface area contributed by atoms with Gasteiger partial charge in [0.05, 0.1) is 36.6 Å². The van der Waals surface area contributed by atoms with E-state index in [1.54, 1.807) is 4.90 Å². The number of halogens is 2. The van der Waals surface area contributed by atoms with Gasteiger partial charge in [-0.15, -0.1) is 0 Å². The fourth-order valence-corrected chi connectivity index (χ4v) is 2.75. The van der Waals surface area contributed by atoms with Gasteiger partial charge in [-0.25, -0.2) is 4.39 Å². The molecule has 1 fully saturated rings. The summed E-state index contributed by atoms with van der Waals surface area (Å²) in [5.74, 6) is -0.0244. The SMILES string of the molecule is COc1cncc(OC2CCN(C(=O)c3ccc(F)cc3Cl)C2)n1. The summed E-state index contributed by atoms with van der Waals surface area (Å²) in [7, 11) is 1.50. The number of nitrogens with zero attached hydrogens (tertiary/aromatic N) is 3. The largest absolute Gasteiger partial charge is 0.480 e. The highest BCUT2D eigenvalue weighted by atomic mass is 35.5. The summed E-state index contributed by atoms with van der Waals surface area (Å²) in [6.45, 7) is 0.917. The van der Waals surface area contributed by atoms with Gasteiger partial charge in [-0.3, -0.25) is 9.78 Å². The second kappa shape index (κ2) is 7.00. The molecule has 0 aliphatic carbocycles. The maximum absolute atomic E-state index is 13.1. The first-order valence-corrected chi connectivity index (χ1v) is 7.71. The summed E-state index contributed by atoms with van der Waals surface area (Å²) in [6.07, 6.45) is 3.43. The third-order valence-electron chi connectivity index (χ3n) is 3.68. The van der Waals surface area contributed by atoms with Gasteiger partial charge in [0.25, 0.3) is 5.91 Å². The fraction of sp³-hybridized carbons (Fsp3) is 0.312. The smallest absolute Gasteiger partial charge is 0.255 e. The van der Waals surface area contributed by atoms with E-state index in [-0.39, 0.29) is 22.6 Å². The van der Waals surface area contributed by atoms with Crippen LogP contribution in [0.2, 0.25) is 5.02 Å². The molecule has 0 radical (unpaired) electrons. The van der Waals surface area contributed by atoms with Gasteiger partial charge in [0.15, 0.2) is 0 Å². The average Bonchev–Trinajstić information content (AvgIpc) is 3.03. The van der Waals surface area contributed by atoms with Crippen molar-refractivity contribution in [1.29, 1.82) is 0 Å². The van der Waals surface area contributed by atoms with Gasteiger partial charge >= 0.3 is 0 Å². The number of hydrogen-bond acceptors (Lipinski definition) is 5. The number of aromatic nitrogens is 2. The first-order chi connectivity index (χ1) is 11.6. The van der Waals surface area contributed by atoms with E-state index in [0.29, 0.717) is 31.3 Å². The number of amides is 1. The van der Waals surface area contributed by atoms with Gasteiger partial charge in [-0.1, -0.05) is 11.6 Å². The molecule has 2 aromatic rings. The number of methoxy groups -OCH3 is 1. The lowest BCUT2D eigenvalue weighted by molar-refractivity contribution is 0.0771. The molecule has 0 N–H and O–H groups in total. The molecule has 3 rings (SSSR count). The van der Waals surface area contributed by atoms with Crippen LogP contribution in [0.4, 0.5) is 4.39 Å². The van der Waals surface area contributed by atoms with Gasteiger partial charge in [-0.05, 0) is 18.2 Å². The van der Waals surface area contributed by atoms with Crippen LogP contribution in [0.5, 0.6) is 11.8 Å². The van der Waals surface area contributed by atoms with Crippen LogP contribution in [0.3, 0.4) is 0 Å². The molecule has 24 heavy (non-hydrogen) atoms.